The summed E-state index contributed by atoms with van der Waals surface area (Å²) in [6.07, 6.45) is 5.87. The van der Waals surface area contributed by atoms with E-state index in [9.17, 15) is 9.59 Å². The van der Waals surface area contributed by atoms with Crippen LogP contribution in [0, 0.1) is 5.92 Å². The molecular formula is C20H24N2O3. The maximum absolute atomic E-state index is 12.9. The summed E-state index contributed by atoms with van der Waals surface area (Å²) in [5.74, 6) is 0.126. The van der Waals surface area contributed by atoms with Crippen molar-refractivity contribution >= 4 is 22.8 Å². The minimum atomic E-state index is -0.0655. The lowest BCUT2D eigenvalue weighted by Crippen LogP contribution is -2.42. The molecule has 2 aromatic rings. The quantitative estimate of drug-likeness (QED) is 0.934. The molecule has 2 aliphatic rings. The van der Waals surface area contributed by atoms with Gasteiger partial charge in [-0.15, -0.1) is 0 Å². The molecule has 2 amide bonds. The Hall–Kier alpha value is -2.30. The predicted molar refractivity (Wildman–Crippen MR) is 95.1 cm³/mol. The van der Waals surface area contributed by atoms with Gasteiger partial charge in [-0.05, 0) is 37.0 Å². The van der Waals surface area contributed by atoms with Crippen LogP contribution in [0.4, 0.5) is 0 Å². The SMILES string of the molecule is CCc1ccc2occ(CC(=O)N3C[C@H]4CCC[C@@H](C3)C(=O)N4)c2c1. The standard InChI is InChI=1S/C20H24N2O3/c1-2-13-6-7-18-17(8-13)15(12-25-18)9-19(23)22-10-14-4-3-5-16(11-22)21-20(14)24/h6-8,12,14,16H,2-5,9-11H2,1H3,(H,21,24)/t14-,16+/m0/s1. The number of benzene rings is 1. The number of hydrogen-bond donors (Lipinski definition) is 1. The van der Waals surface area contributed by atoms with Crippen LogP contribution in [0.25, 0.3) is 11.0 Å². The number of nitrogens with zero attached hydrogens (tertiary/aromatic N) is 1. The molecule has 5 heteroatoms. The highest BCUT2D eigenvalue weighted by Crippen LogP contribution is 2.26. The fourth-order valence-electron chi connectivity index (χ4n) is 4.01. The summed E-state index contributed by atoms with van der Waals surface area (Å²) >= 11 is 0. The number of nitrogens with one attached hydrogen (secondary N) is 1. The second kappa shape index (κ2) is 6.54. The first-order valence-corrected chi connectivity index (χ1v) is 9.21. The molecule has 25 heavy (non-hydrogen) atoms. The van der Waals surface area contributed by atoms with Gasteiger partial charge in [0.1, 0.15) is 5.58 Å². The fraction of sp³-hybridized carbons (Fsp3) is 0.500. The molecule has 2 aliphatic heterocycles. The van der Waals surface area contributed by atoms with E-state index in [1.165, 1.54) is 5.56 Å². The van der Waals surface area contributed by atoms with Crippen molar-refractivity contribution < 1.29 is 14.0 Å². The molecule has 1 N–H and O–H groups in total. The lowest BCUT2D eigenvalue weighted by molar-refractivity contribution is -0.131. The Balaban J connectivity index is 1.55. The van der Waals surface area contributed by atoms with Gasteiger partial charge in [-0.25, -0.2) is 0 Å². The second-order valence-electron chi connectivity index (χ2n) is 7.25. The lowest BCUT2D eigenvalue weighted by atomic mass is 9.98. The second-order valence-corrected chi connectivity index (χ2v) is 7.25. The van der Waals surface area contributed by atoms with E-state index in [2.05, 4.69) is 24.4 Å². The van der Waals surface area contributed by atoms with Gasteiger partial charge in [-0.3, -0.25) is 9.59 Å². The van der Waals surface area contributed by atoms with E-state index in [1.807, 2.05) is 11.0 Å². The van der Waals surface area contributed by atoms with E-state index < -0.39 is 0 Å². The molecule has 3 heterocycles. The van der Waals surface area contributed by atoms with E-state index >= 15 is 0 Å². The fourth-order valence-corrected chi connectivity index (χ4v) is 4.01. The van der Waals surface area contributed by atoms with Crippen LogP contribution in [0.1, 0.15) is 37.3 Å². The van der Waals surface area contributed by atoms with Gasteiger partial charge in [0.15, 0.2) is 0 Å². The van der Waals surface area contributed by atoms with Crippen LogP contribution in [0.15, 0.2) is 28.9 Å². The number of furan rings is 1. The Bertz CT molecular complexity index is 810. The van der Waals surface area contributed by atoms with Crippen molar-refractivity contribution in [3.8, 4) is 0 Å². The summed E-state index contributed by atoms with van der Waals surface area (Å²) in [4.78, 5) is 26.9. The van der Waals surface area contributed by atoms with Gasteiger partial charge < -0.3 is 14.6 Å². The summed E-state index contributed by atoms with van der Waals surface area (Å²) in [6, 6.07) is 6.24. The van der Waals surface area contributed by atoms with Gasteiger partial charge in [0.05, 0.1) is 18.6 Å². The van der Waals surface area contributed by atoms with Crippen LogP contribution in [-0.2, 0) is 22.4 Å². The zero-order valence-electron chi connectivity index (χ0n) is 14.6. The molecule has 0 radical (unpaired) electrons. The van der Waals surface area contributed by atoms with E-state index in [0.29, 0.717) is 19.5 Å². The third kappa shape index (κ3) is 3.15. The Morgan fingerprint density at radius 1 is 1.32 bits per heavy atom. The maximum Gasteiger partial charge on any atom is 0.227 e. The van der Waals surface area contributed by atoms with Gasteiger partial charge in [-0.2, -0.15) is 0 Å². The number of amides is 2. The molecular weight excluding hydrogens is 316 g/mol. The Labute approximate surface area is 147 Å². The van der Waals surface area contributed by atoms with Crippen molar-refractivity contribution in [2.75, 3.05) is 13.1 Å². The van der Waals surface area contributed by atoms with Crippen LogP contribution in [-0.4, -0.2) is 35.8 Å². The summed E-state index contributed by atoms with van der Waals surface area (Å²) in [5, 5.41) is 4.10. The van der Waals surface area contributed by atoms with Crippen LogP contribution in [0.3, 0.4) is 0 Å². The van der Waals surface area contributed by atoms with Gasteiger partial charge in [0.25, 0.3) is 0 Å². The van der Waals surface area contributed by atoms with E-state index in [0.717, 1.165) is 42.2 Å². The summed E-state index contributed by atoms with van der Waals surface area (Å²) < 4.78 is 5.62. The number of hydrogen-bond acceptors (Lipinski definition) is 3. The molecule has 0 saturated carbocycles. The number of carbonyl (C=O) groups excluding carboxylic acids is 2. The van der Waals surface area contributed by atoms with Gasteiger partial charge in [0.2, 0.25) is 11.8 Å². The Morgan fingerprint density at radius 3 is 3.04 bits per heavy atom. The highest BCUT2D eigenvalue weighted by Gasteiger charge is 2.34. The zero-order chi connectivity index (χ0) is 17.4. The molecule has 4 rings (SSSR count). The van der Waals surface area contributed by atoms with E-state index in [4.69, 9.17) is 4.42 Å². The van der Waals surface area contributed by atoms with Crippen LogP contribution < -0.4 is 5.32 Å². The van der Waals surface area contributed by atoms with Gasteiger partial charge >= 0.3 is 0 Å². The molecule has 132 valence electrons. The Morgan fingerprint density at radius 2 is 2.20 bits per heavy atom. The molecule has 2 atom stereocenters. The third-order valence-electron chi connectivity index (χ3n) is 5.52. The first-order valence-electron chi connectivity index (χ1n) is 9.21. The van der Waals surface area contributed by atoms with Crippen molar-refractivity contribution in [3.63, 3.8) is 0 Å². The van der Waals surface area contributed by atoms with Crippen molar-refractivity contribution in [3.05, 3.63) is 35.6 Å². The number of rotatable bonds is 3. The van der Waals surface area contributed by atoms with Crippen molar-refractivity contribution in [2.24, 2.45) is 5.92 Å². The largest absolute Gasteiger partial charge is 0.464 e. The van der Waals surface area contributed by atoms with Crippen molar-refractivity contribution in [2.45, 2.75) is 45.1 Å². The molecule has 2 bridgehead atoms. The topological polar surface area (TPSA) is 62.6 Å². The highest BCUT2D eigenvalue weighted by molar-refractivity contribution is 5.89. The third-order valence-corrected chi connectivity index (χ3v) is 5.52. The first kappa shape index (κ1) is 16.2. The maximum atomic E-state index is 12.9. The Kier molecular flexibility index (Phi) is 4.24. The van der Waals surface area contributed by atoms with Crippen LogP contribution in [0.5, 0.6) is 0 Å². The minimum Gasteiger partial charge on any atom is -0.464 e. The summed E-state index contributed by atoms with van der Waals surface area (Å²) in [6.45, 7) is 3.28. The van der Waals surface area contributed by atoms with E-state index in [-0.39, 0.29) is 23.8 Å². The molecule has 5 nitrogen and oxygen atoms in total. The lowest BCUT2D eigenvalue weighted by Gasteiger charge is -2.27. The van der Waals surface area contributed by atoms with Crippen molar-refractivity contribution in [1.29, 1.82) is 0 Å². The predicted octanol–water partition coefficient (Wildman–Crippen LogP) is 2.66. The highest BCUT2D eigenvalue weighted by atomic mass is 16.3. The van der Waals surface area contributed by atoms with Crippen LogP contribution >= 0.6 is 0 Å². The molecule has 1 aromatic carbocycles. The van der Waals surface area contributed by atoms with Crippen molar-refractivity contribution in [1.82, 2.24) is 10.2 Å². The monoisotopic (exact) mass is 340 g/mol. The average molecular weight is 340 g/mol. The summed E-state index contributed by atoms with van der Waals surface area (Å²) in [7, 11) is 0. The molecule has 0 unspecified atom stereocenters. The molecule has 1 aromatic heterocycles. The molecule has 0 spiro atoms. The molecule has 0 aliphatic carbocycles. The van der Waals surface area contributed by atoms with E-state index in [1.54, 1.807) is 6.26 Å². The van der Waals surface area contributed by atoms with Gasteiger partial charge in [0, 0.05) is 30.1 Å². The summed E-state index contributed by atoms with van der Waals surface area (Å²) in [5.41, 5.74) is 3.00. The zero-order valence-corrected chi connectivity index (χ0v) is 14.6. The normalized spacial score (nSPS) is 23.4. The number of aryl methyl sites for hydroxylation is 1. The number of likely N-dealkylation sites (tertiary alicyclic amines) is 1. The smallest absolute Gasteiger partial charge is 0.227 e. The average Bonchev–Trinajstić information content (AvgIpc) is 2.80. The minimum absolute atomic E-state index is 0.0655. The van der Waals surface area contributed by atoms with Gasteiger partial charge in [-0.1, -0.05) is 19.4 Å². The van der Waals surface area contributed by atoms with Crippen LogP contribution in [0.2, 0.25) is 0 Å². The number of fused-ring (bicyclic) bond motifs is 4. The molecule has 2 saturated heterocycles. The first-order chi connectivity index (χ1) is 12.1. The number of carbonyl (C=O) groups is 2. The molecule has 2 fully saturated rings.